The van der Waals surface area contributed by atoms with Crippen molar-refractivity contribution in [3.05, 3.63) is 0 Å². The van der Waals surface area contributed by atoms with Crippen molar-refractivity contribution >= 4 is 0 Å². The molecule has 0 spiro atoms. The molecule has 0 saturated heterocycles. The van der Waals surface area contributed by atoms with E-state index in [9.17, 15) is 0 Å². The highest BCUT2D eigenvalue weighted by Gasteiger charge is 1.98. The average molecular weight is 356 g/mol. The summed E-state index contributed by atoms with van der Waals surface area (Å²) in [5, 5.41) is 3.46. The highest BCUT2D eigenvalue weighted by molar-refractivity contribution is 4.63. The molecule has 5 N–H and O–H groups in total. The van der Waals surface area contributed by atoms with Crippen LogP contribution in [0.25, 0.3) is 0 Å². The molecule has 0 aromatic carbocycles. The van der Waals surface area contributed by atoms with Crippen LogP contribution in [0.3, 0.4) is 0 Å². The monoisotopic (exact) mass is 355 g/mol. The number of hydrogen-bond donors (Lipinski definition) is 3. The Hall–Kier alpha value is -0.120. The van der Waals surface area contributed by atoms with Crippen LogP contribution in [0, 0.1) is 0 Å². The Morgan fingerprint density at radius 3 is 1.40 bits per heavy atom. The van der Waals surface area contributed by atoms with E-state index in [0.29, 0.717) is 6.54 Å². The van der Waals surface area contributed by atoms with E-state index in [1.165, 1.54) is 103 Å². The first-order chi connectivity index (χ1) is 12.3. The minimum Gasteiger partial charge on any atom is -0.329 e. The number of unbranched alkanes of at least 4 members (excludes halogenated alkanes) is 15. The van der Waals surface area contributed by atoms with E-state index in [1.807, 2.05) is 0 Å². The average Bonchev–Trinajstić information content (AvgIpc) is 2.63. The maximum atomic E-state index is 5.78. The molecule has 152 valence electrons. The predicted octanol–water partition coefficient (Wildman–Crippen LogP) is 5.51. The molecule has 0 aromatic heterocycles. The molecule has 0 amide bonds. The molecule has 0 heterocycles. The van der Waals surface area contributed by atoms with Gasteiger partial charge in [-0.1, -0.05) is 103 Å². The minimum atomic E-state index is 0.165. The van der Waals surface area contributed by atoms with Crippen LogP contribution in [0.15, 0.2) is 0 Å². The van der Waals surface area contributed by atoms with E-state index in [1.54, 1.807) is 0 Å². The van der Waals surface area contributed by atoms with Gasteiger partial charge in [0.15, 0.2) is 0 Å². The van der Waals surface area contributed by atoms with Crippen LogP contribution < -0.4 is 16.8 Å². The molecule has 0 aliphatic rings. The van der Waals surface area contributed by atoms with Gasteiger partial charge in [-0.25, -0.2) is 0 Å². The molecule has 1 atom stereocenters. The first kappa shape index (κ1) is 24.9. The van der Waals surface area contributed by atoms with Crippen molar-refractivity contribution in [2.75, 3.05) is 19.6 Å². The van der Waals surface area contributed by atoms with Gasteiger partial charge in [0.25, 0.3) is 0 Å². The molecule has 25 heavy (non-hydrogen) atoms. The van der Waals surface area contributed by atoms with E-state index in [2.05, 4.69) is 12.2 Å². The SMILES string of the molecule is CCCCCCCCCCCCCCCCCCNCCC(N)CN. The minimum absolute atomic E-state index is 0.165. The Balaban J connectivity index is 2.98. The maximum absolute atomic E-state index is 5.78. The van der Waals surface area contributed by atoms with Crippen molar-refractivity contribution in [3.8, 4) is 0 Å². The molecule has 0 radical (unpaired) electrons. The summed E-state index contributed by atoms with van der Waals surface area (Å²) in [5.74, 6) is 0. The van der Waals surface area contributed by atoms with Gasteiger partial charge in [-0.15, -0.1) is 0 Å². The third-order valence-corrected chi connectivity index (χ3v) is 5.20. The zero-order valence-corrected chi connectivity index (χ0v) is 17.4. The molecule has 0 bridgehead atoms. The summed E-state index contributed by atoms with van der Waals surface area (Å²) in [6, 6.07) is 0.165. The van der Waals surface area contributed by atoms with Crippen molar-refractivity contribution in [2.24, 2.45) is 11.5 Å². The van der Waals surface area contributed by atoms with Crippen LogP contribution in [-0.2, 0) is 0 Å². The highest BCUT2D eigenvalue weighted by atomic mass is 14.9. The molecule has 0 saturated carbocycles. The van der Waals surface area contributed by atoms with Crippen molar-refractivity contribution in [1.82, 2.24) is 5.32 Å². The van der Waals surface area contributed by atoms with Gasteiger partial charge in [0.1, 0.15) is 0 Å². The lowest BCUT2D eigenvalue weighted by atomic mass is 10.0. The van der Waals surface area contributed by atoms with E-state index >= 15 is 0 Å². The second-order valence-electron chi connectivity index (χ2n) is 7.84. The maximum Gasteiger partial charge on any atom is 0.0175 e. The molecule has 0 aliphatic heterocycles. The van der Waals surface area contributed by atoms with Gasteiger partial charge in [-0.2, -0.15) is 0 Å². The third kappa shape index (κ3) is 21.8. The van der Waals surface area contributed by atoms with E-state index in [4.69, 9.17) is 11.5 Å². The normalized spacial score (nSPS) is 12.6. The molecular formula is C22H49N3. The summed E-state index contributed by atoms with van der Waals surface area (Å²) in [5.41, 5.74) is 11.3. The second-order valence-corrected chi connectivity index (χ2v) is 7.84. The Morgan fingerprint density at radius 2 is 1.00 bits per heavy atom. The molecular weight excluding hydrogens is 306 g/mol. The summed E-state index contributed by atoms with van der Waals surface area (Å²) >= 11 is 0. The molecule has 3 nitrogen and oxygen atoms in total. The van der Waals surface area contributed by atoms with Gasteiger partial charge >= 0.3 is 0 Å². The third-order valence-electron chi connectivity index (χ3n) is 5.20. The number of rotatable bonds is 21. The van der Waals surface area contributed by atoms with Gasteiger partial charge in [0.05, 0.1) is 0 Å². The van der Waals surface area contributed by atoms with Crippen LogP contribution in [0.4, 0.5) is 0 Å². The van der Waals surface area contributed by atoms with Crippen LogP contribution in [0.1, 0.15) is 116 Å². The zero-order valence-electron chi connectivity index (χ0n) is 17.4. The van der Waals surface area contributed by atoms with Gasteiger partial charge in [0, 0.05) is 12.6 Å². The fourth-order valence-corrected chi connectivity index (χ4v) is 3.33. The fourth-order valence-electron chi connectivity index (χ4n) is 3.33. The Kier molecular flexibility index (Phi) is 21.8. The lowest BCUT2D eigenvalue weighted by molar-refractivity contribution is 0.518. The summed E-state index contributed by atoms with van der Waals surface area (Å²) in [6.07, 6.45) is 23.9. The Bertz CT molecular complexity index is 233. The van der Waals surface area contributed by atoms with E-state index in [0.717, 1.165) is 19.5 Å². The zero-order chi connectivity index (χ0) is 18.4. The molecule has 1 unspecified atom stereocenters. The van der Waals surface area contributed by atoms with Gasteiger partial charge in [-0.3, -0.25) is 0 Å². The highest BCUT2D eigenvalue weighted by Crippen LogP contribution is 2.13. The quantitative estimate of drug-likeness (QED) is 0.238. The van der Waals surface area contributed by atoms with Crippen molar-refractivity contribution in [1.29, 1.82) is 0 Å². The first-order valence-corrected chi connectivity index (χ1v) is 11.5. The molecule has 0 aromatic rings. The van der Waals surface area contributed by atoms with Crippen LogP contribution in [0.2, 0.25) is 0 Å². The molecule has 0 rings (SSSR count). The van der Waals surface area contributed by atoms with Gasteiger partial charge < -0.3 is 16.8 Å². The van der Waals surface area contributed by atoms with Crippen molar-refractivity contribution in [2.45, 2.75) is 122 Å². The smallest absolute Gasteiger partial charge is 0.0175 e. The van der Waals surface area contributed by atoms with E-state index < -0.39 is 0 Å². The second kappa shape index (κ2) is 21.9. The Labute approximate surface area is 159 Å². The largest absolute Gasteiger partial charge is 0.329 e. The standard InChI is InChI=1S/C22H49N3/c1-2-3-4-5-6-7-8-9-10-11-12-13-14-15-16-17-19-25-20-18-22(24)21-23/h22,25H,2-21,23-24H2,1H3. The Morgan fingerprint density at radius 1 is 0.600 bits per heavy atom. The first-order valence-electron chi connectivity index (χ1n) is 11.5. The van der Waals surface area contributed by atoms with Gasteiger partial charge in [-0.05, 0) is 25.9 Å². The molecule has 0 aliphatic carbocycles. The van der Waals surface area contributed by atoms with Crippen molar-refractivity contribution in [3.63, 3.8) is 0 Å². The summed E-state index contributed by atoms with van der Waals surface area (Å²) in [4.78, 5) is 0. The summed E-state index contributed by atoms with van der Waals surface area (Å²) in [6.45, 7) is 5.04. The molecule has 0 fully saturated rings. The predicted molar refractivity (Wildman–Crippen MR) is 114 cm³/mol. The topological polar surface area (TPSA) is 64.1 Å². The lowest BCUT2D eigenvalue weighted by Crippen LogP contribution is -2.33. The summed E-state index contributed by atoms with van der Waals surface area (Å²) in [7, 11) is 0. The van der Waals surface area contributed by atoms with Crippen LogP contribution >= 0.6 is 0 Å². The van der Waals surface area contributed by atoms with E-state index in [-0.39, 0.29) is 6.04 Å². The fraction of sp³-hybridized carbons (Fsp3) is 1.00. The molecule has 3 heteroatoms. The van der Waals surface area contributed by atoms with Crippen molar-refractivity contribution < 1.29 is 0 Å². The van der Waals surface area contributed by atoms with Gasteiger partial charge in [0.2, 0.25) is 0 Å². The van der Waals surface area contributed by atoms with Crippen LogP contribution in [0.5, 0.6) is 0 Å². The number of hydrogen-bond acceptors (Lipinski definition) is 3. The van der Waals surface area contributed by atoms with Crippen LogP contribution in [-0.4, -0.2) is 25.7 Å². The number of nitrogens with two attached hydrogens (primary N) is 2. The lowest BCUT2D eigenvalue weighted by Gasteiger charge is -2.09. The summed E-state index contributed by atoms with van der Waals surface area (Å²) < 4.78 is 0. The number of nitrogens with one attached hydrogen (secondary N) is 1.